The van der Waals surface area contributed by atoms with Crippen LogP contribution in [0.3, 0.4) is 0 Å². The molecular formula is C13H11ClF5N6Na. The van der Waals surface area contributed by atoms with Gasteiger partial charge in [0.2, 0.25) is 0 Å². The Balaban J connectivity index is 0.00000146. The molecule has 1 aliphatic carbocycles. The first-order valence-electron chi connectivity index (χ1n) is 6.90. The van der Waals surface area contributed by atoms with Gasteiger partial charge in [0, 0.05) is 4.91 Å². The number of hydrogen-bond donors (Lipinski definition) is 0. The van der Waals surface area contributed by atoms with E-state index in [0.717, 1.165) is 12.1 Å². The summed E-state index contributed by atoms with van der Waals surface area (Å²) in [5.41, 5.74) is 21.9. The minimum atomic E-state index is -4.34. The van der Waals surface area contributed by atoms with E-state index in [2.05, 4.69) is 10.0 Å². The Morgan fingerprint density at radius 3 is 2.19 bits per heavy atom. The molecule has 0 radical (unpaired) electrons. The number of hydrogen-bond acceptors (Lipinski definition) is 1. The van der Waals surface area contributed by atoms with Gasteiger partial charge in [-0.1, -0.05) is 22.8 Å². The number of alkyl halides is 3. The predicted octanol–water partition coefficient (Wildman–Crippen LogP) is 3.82. The first kappa shape index (κ1) is 24.8. The average molecular weight is 405 g/mol. The average Bonchev–Trinajstić information content (AvgIpc) is 3.02. The van der Waals surface area contributed by atoms with Crippen LogP contribution in [0.5, 0.6) is 0 Å². The fraction of sp³-hybridized carbons (Fsp3) is 0.538. The monoisotopic (exact) mass is 404 g/mol. The zero-order chi connectivity index (χ0) is 19.2. The quantitative estimate of drug-likeness (QED) is 0.182. The van der Waals surface area contributed by atoms with Gasteiger partial charge in [0.05, 0.1) is 12.0 Å². The van der Waals surface area contributed by atoms with E-state index in [9.17, 15) is 22.0 Å². The van der Waals surface area contributed by atoms with Gasteiger partial charge in [-0.2, -0.15) is 13.2 Å². The summed E-state index contributed by atoms with van der Waals surface area (Å²) >= 11 is 5.47. The second-order valence-corrected chi connectivity index (χ2v) is 5.69. The van der Waals surface area contributed by atoms with Gasteiger partial charge in [-0.3, -0.25) is 4.91 Å². The molecule has 1 fully saturated rings. The Kier molecular flexibility index (Phi) is 10.3. The van der Waals surface area contributed by atoms with Gasteiger partial charge in [-0.15, -0.1) is 0 Å². The number of azide groups is 1. The molecule has 26 heavy (non-hydrogen) atoms. The molecule has 3 atom stereocenters. The zero-order valence-electron chi connectivity index (χ0n) is 13.5. The number of benzene rings is 1. The Bertz CT molecular complexity index is 703. The molecule has 0 aliphatic heterocycles. The summed E-state index contributed by atoms with van der Waals surface area (Å²) in [6.07, 6.45) is -4.57. The Morgan fingerprint density at radius 2 is 1.73 bits per heavy atom. The minimum Gasteiger partial charge on any atom is -0.373 e. The topological polar surface area (TPSA) is 107 Å². The van der Waals surface area contributed by atoms with E-state index in [1.54, 1.807) is 0 Å². The van der Waals surface area contributed by atoms with Crippen LogP contribution in [0.2, 0.25) is 5.02 Å². The van der Waals surface area contributed by atoms with Crippen molar-refractivity contribution in [3.05, 3.63) is 60.8 Å². The van der Waals surface area contributed by atoms with Gasteiger partial charge in [0.25, 0.3) is 0 Å². The van der Waals surface area contributed by atoms with Gasteiger partial charge in [0.15, 0.2) is 0 Å². The standard InChI is InChI=1S/C13H11ClF5N3.N3.Na/c14-10-9(15)4-3-8(11(10)16)12(21-22-20)6-1-2-7(5-6)13(17,18)19;1-3-2;/h3-4,6-7,12H,1-2,5H2;;/q;-1;+1. The maximum atomic E-state index is 14.0. The van der Waals surface area contributed by atoms with Crippen molar-refractivity contribution in [2.75, 3.05) is 0 Å². The first-order chi connectivity index (χ1) is 11.7. The first-order valence-corrected chi connectivity index (χ1v) is 7.27. The largest absolute Gasteiger partial charge is 1.00 e. The molecule has 1 aliphatic rings. The summed E-state index contributed by atoms with van der Waals surface area (Å²) in [6.45, 7) is 0. The summed E-state index contributed by atoms with van der Waals surface area (Å²) < 4.78 is 65.4. The third-order valence-electron chi connectivity index (χ3n) is 3.94. The molecule has 0 heterocycles. The summed E-state index contributed by atoms with van der Waals surface area (Å²) in [7, 11) is 0. The third kappa shape index (κ3) is 6.19. The van der Waals surface area contributed by atoms with Crippen molar-refractivity contribution >= 4 is 11.6 Å². The molecule has 0 N–H and O–H groups in total. The molecule has 2 rings (SSSR count). The van der Waals surface area contributed by atoms with Crippen molar-refractivity contribution in [1.29, 1.82) is 0 Å². The fourth-order valence-electron chi connectivity index (χ4n) is 2.84. The fourth-order valence-corrected chi connectivity index (χ4v) is 3.01. The summed E-state index contributed by atoms with van der Waals surface area (Å²) in [5, 5.41) is 2.65. The van der Waals surface area contributed by atoms with Gasteiger partial charge < -0.3 is 11.1 Å². The molecule has 0 bridgehead atoms. The van der Waals surface area contributed by atoms with E-state index in [1.807, 2.05) is 0 Å². The second kappa shape index (κ2) is 10.8. The van der Waals surface area contributed by atoms with Crippen LogP contribution in [0.1, 0.15) is 30.9 Å². The maximum absolute atomic E-state index is 14.0. The van der Waals surface area contributed by atoms with Crippen molar-refractivity contribution in [3.8, 4) is 0 Å². The van der Waals surface area contributed by atoms with Crippen LogP contribution in [0.25, 0.3) is 26.4 Å². The summed E-state index contributed by atoms with van der Waals surface area (Å²) in [5.74, 6) is -4.26. The smallest absolute Gasteiger partial charge is 0.373 e. The normalized spacial score (nSPS) is 19.9. The van der Waals surface area contributed by atoms with E-state index in [1.165, 1.54) is 4.91 Å². The number of rotatable bonds is 3. The maximum Gasteiger partial charge on any atom is 1.00 e. The molecule has 0 amide bonds. The van der Waals surface area contributed by atoms with Crippen LogP contribution in [0, 0.1) is 23.5 Å². The molecule has 1 aromatic rings. The van der Waals surface area contributed by atoms with Crippen LogP contribution >= 0.6 is 11.6 Å². The third-order valence-corrected chi connectivity index (χ3v) is 4.29. The molecular weight excluding hydrogens is 394 g/mol. The van der Waals surface area contributed by atoms with E-state index < -0.39 is 40.7 Å². The summed E-state index contributed by atoms with van der Waals surface area (Å²) in [6, 6.07) is 0.809. The zero-order valence-corrected chi connectivity index (χ0v) is 16.2. The van der Waals surface area contributed by atoms with E-state index >= 15 is 0 Å². The Morgan fingerprint density at radius 1 is 1.15 bits per heavy atom. The van der Waals surface area contributed by atoms with Gasteiger partial charge in [-0.25, -0.2) is 8.78 Å². The molecule has 6 nitrogen and oxygen atoms in total. The van der Waals surface area contributed by atoms with Gasteiger partial charge in [-0.05, 0) is 42.3 Å². The SMILES string of the molecule is [N-]=[N+]=NC(c1ccc(F)c(Cl)c1F)C1CCC(C(F)(F)F)C1.[N-]=[N+]=[N-].[Na+]. The van der Waals surface area contributed by atoms with Crippen molar-refractivity contribution in [1.82, 2.24) is 0 Å². The van der Waals surface area contributed by atoms with E-state index in [0.29, 0.717) is 0 Å². The van der Waals surface area contributed by atoms with Crippen molar-refractivity contribution in [2.24, 2.45) is 17.0 Å². The molecule has 0 saturated heterocycles. The molecule has 1 saturated carbocycles. The van der Waals surface area contributed by atoms with E-state index in [-0.39, 0.29) is 54.4 Å². The van der Waals surface area contributed by atoms with Crippen molar-refractivity contribution in [2.45, 2.75) is 31.5 Å². The number of nitrogens with zero attached hydrogens (tertiary/aromatic N) is 6. The van der Waals surface area contributed by atoms with Gasteiger partial charge in [0.1, 0.15) is 16.7 Å². The molecule has 0 aromatic heterocycles. The molecule has 0 spiro atoms. The molecule has 136 valence electrons. The Hall–Kier alpha value is -1.22. The van der Waals surface area contributed by atoms with Crippen LogP contribution < -0.4 is 29.6 Å². The Labute approximate surface area is 172 Å². The molecule has 1 aromatic carbocycles. The van der Waals surface area contributed by atoms with Crippen LogP contribution in [0.15, 0.2) is 17.2 Å². The predicted molar refractivity (Wildman–Crippen MR) is 80.2 cm³/mol. The van der Waals surface area contributed by atoms with Crippen LogP contribution in [-0.2, 0) is 0 Å². The summed E-state index contributed by atoms with van der Waals surface area (Å²) in [4.78, 5) is 4.08. The van der Waals surface area contributed by atoms with Crippen LogP contribution in [0.4, 0.5) is 22.0 Å². The van der Waals surface area contributed by atoms with Crippen molar-refractivity contribution < 1.29 is 51.5 Å². The van der Waals surface area contributed by atoms with E-state index in [4.69, 9.17) is 28.2 Å². The van der Waals surface area contributed by atoms with Gasteiger partial charge >= 0.3 is 35.7 Å². The second-order valence-electron chi connectivity index (χ2n) is 5.32. The van der Waals surface area contributed by atoms with Crippen LogP contribution in [-0.4, -0.2) is 6.18 Å². The molecule has 13 heteroatoms. The molecule has 3 unspecified atom stereocenters. The minimum absolute atomic E-state index is 0. The van der Waals surface area contributed by atoms with Crippen molar-refractivity contribution in [3.63, 3.8) is 0 Å². The number of halogens is 6.